The molecule has 0 aliphatic rings. The van der Waals surface area contributed by atoms with E-state index in [2.05, 4.69) is 19.2 Å². The van der Waals surface area contributed by atoms with E-state index in [9.17, 15) is 9.59 Å². The molecule has 0 heterocycles. The van der Waals surface area contributed by atoms with Crippen LogP contribution >= 0.6 is 0 Å². The van der Waals surface area contributed by atoms with Gasteiger partial charge in [0, 0.05) is 32.9 Å². The minimum Gasteiger partial charge on any atom is -0.381 e. The van der Waals surface area contributed by atoms with Crippen LogP contribution in [0, 0.1) is 5.92 Å². The number of ether oxygens (including phenoxy) is 1. The molecule has 0 aromatic rings. The van der Waals surface area contributed by atoms with Gasteiger partial charge in [-0.2, -0.15) is 0 Å². The van der Waals surface area contributed by atoms with Gasteiger partial charge < -0.3 is 10.1 Å². The van der Waals surface area contributed by atoms with Crippen molar-refractivity contribution in [3.05, 3.63) is 0 Å². The van der Waals surface area contributed by atoms with Crippen LogP contribution in [0.1, 0.15) is 46.5 Å². The molecule has 0 saturated heterocycles. The molecule has 0 unspecified atom stereocenters. The fourth-order valence-electron chi connectivity index (χ4n) is 1.28. The number of amides is 1. The van der Waals surface area contributed by atoms with E-state index in [1.165, 1.54) is 6.92 Å². The largest absolute Gasteiger partial charge is 0.381 e. The first-order valence-electron chi connectivity index (χ1n) is 6.36. The normalized spacial score (nSPS) is 10.6. The first kappa shape index (κ1) is 16.1. The lowest BCUT2D eigenvalue weighted by Gasteiger charge is -2.06. The highest BCUT2D eigenvalue weighted by atomic mass is 16.5. The van der Waals surface area contributed by atoms with Crippen LogP contribution in [0.4, 0.5) is 0 Å². The summed E-state index contributed by atoms with van der Waals surface area (Å²) in [7, 11) is 0. The summed E-state index contributed by atoms with van der Waals surface area (Å²) < 4.78 is 5.37. The Morgan fingerprint density at radius 2 is 1.88 bits per heavy atom. The Kier molecular flexibility index (Phi) is 9.72. The Bertz CT molecular complexity index is 227. The number of hydrogen-bond donors (Lipinski definition) is 1. The summed E-state index contributed by atoms with van der Waals surface area (Å²) in [4.78, 5) is 22.0. The first-order valence-corrected chi connectivity index (χ1v) is 6.36. The van der Waals surface area contributed by atoms with E-state index in [1.807, 2.05) is 0 Å². The quantitative estimate of drug-likeness (QED) is 0.596. The molecular formula is C13H25NO3. The average Bonchev–Trinajstić information content (AvgIpc) is 2.23. The summed E-state index contributed by atoms with van der Waals surface area (Å²) in [6, 6.07) is 0. The van der Waals surface area contributed by atoms with Crippen LogP contribution in [-0.4, -0.2) is 31.4 Å². The summed E-state index contributed by atoms with van der Waals surface area (Å²) in [6.45, 7) is 7.61. The first-order chi connectivity index (χ1) is 8.02. The highest BCUT2D eigenvalue weighted by Gasteiger charge is 2.02. The zero-order valence-electron chi connectivity index (χ0n) is 11.3. The second-order valence-electron chi connectivity index (χ2n) is 4.67. The molecule has 0 rings (SSSR count). The van der Waals surface area contributed by atoms with Crippen LogP contribution in [0.5, 0.6) is 0 Å². The highest BCUT2D eigenvalue weighted by molar-refractivity contribution is 5.78. The number of Topliss-reactive ketones (excluding diaryl/α,β-unsaturated/α-hetero) is 1. The third kappa shape index (κ3) is 13.0. The third-order valence-corrected chi connectivity index (χ3v) is 2.37. The van der Waals surface area contributed by atoms with Crippen molar-refractivity contribution in [2.24, 2.45) is 5.92 Å². The molecule has 0 bridgehead atoms. The van der Waals surface area contributed by atoms with Crippen molar-refractivity contribution >= 4 is 11.7 Å². The molecule has 0 aromatic heterocycles. The van der Waals surface area contributed by atoms with Gasteiger partial charge in [-0.05, 0) is 18.8 Å². The van der Waals surface area contributed by atoms with E-state index in [4.69, 9.17) is 4.74 Å². The molecule has 0 aliphatic carbocycles. The van der Waals surface area contributed by atoms with Gasteiger partial charge in [-0.3, -0.25) is 9.59 Å². The third-order valence-electron chi connectivity index (χ3n) is 2.37. The van der Waals surface area contributed by atoms with E-state index in [0.29, 0.717) is 38.3 Å². The van der Waals surface area contributed by atoms with Crippen molar-refractivity contribution in [2.45, 2.75) is 46.5 Å². The molecular weight excluding hydrogens is 218 g/mol. The summed E-state index contributed by atoms with van der Waals surface area (Å²) >= 11 is 0. The summed E-state index contributed by atoms with van der Waals surface area (Å²) in [6.07, 6.45) is 2.76. The van der Waals surface area contributed by atoms with Gasteiger partial charge in [-0.15, -0.1) is 0 Å². The number of ketones is 1. The van der Waals surface area contributed by atoms with Gasteiger partial charge in [-0.25, -0.2) is 0 Å². The van der Waals surface area contributed by atoms with Crippen LogP contribution in [0.2, 0.25) is 0 Å². The molecule has 0 saturated carbocycles. The Morgan fingerprint density at radius 1 is 1.18 bits per heavy atom. The molecule has 0 radical (unpaired) electrons. The van der Waals surface area contributed by atoms with E-state index in [1.54, 1.807) is 0 Å². The molecule has 1 N–H and O–H groups in total. The summed E-state index contributed by atoms with van der Waals surface area (Å²) in [5.41, 5.74) is 0. The maximum absolute atomic E-state index is 11.4. The number of hydrogen-bond acceptors (Lipinski definition) is 3. The van der Waals surface area contributed by atoms with Crippen LogP contribution in [-0.2, 0) is 14.3 Å². The fourth-order valence-corrected chi connectivity index (χ4v) is 1.28. The van der Waals surface area contributed by atoms with Gasteiger partial charge in [0.1, 0.15) is 5.78 Å². The predicted octanol–water partition coefficient (Wildman–Crippen LogP) is 1.92. The van der Waals surface area contributed by atoms with Crippen molar-refractivity contribution in [2.75, 3.05) is 19.8 Å². The van der Waals surface area contributed by atoms with Crippen molar-refractivity contribution < 1.29 is 14.3 Å². The predicted molar refractivity (Wildman–Crippen MR) is 67.8 cm³/mol. The number of carbonyl (C=O) groups excluding carboxylic acids is 2. The van der Waals surface area contributed by atoms with Gasteiger partial charge in [0.2, 0.25) is 5.91 Å². The van der Waals surface area contributed by atoms with E-state index in [0.717, 1.165) is 13.0 Å². The fraction of sp³-hybridized carbons (Fsp3) is 0.846. The topological polar surface area (TPSA) is 55.4 Å². The van der Waals surface area contributed by atoms with E-state index in [-0.39, 0.29) is 11.7 Å². The van der Waals surface area contributed by atoms with Gasteiger partial charge in [0.15, 0.2) is 0 Å². The molecule has 17 heavy (non-hydrogen) atoms. The highest BCUT2D eigenvalue weighted by Crippen LogP contribution is 2.00. The molecule has 100 valence electrons. The monoisotopic (exact) mass is 243 g/mol. The molecule has 4 nitrogen and oxygen atoms in total. The lowest BCUT2D eigenvalue weighted by molar-refractivity contribution is -0.121. The maximum Gasteiger partial charge on any atom is 0.216 e. The minimum absolute atomic E-state index is 0.0468. The Labute approximate surface area is 104 Å². The molecule has 1 amide bonds. The van der Waals surface area contributed by atoms with Crippen LogP contribution < -0.4 is 5.32 Å². The van der Waals surface area contributed by atoms with Crippen molar-refractivity contribution in [1.29, 1.82) is 0 Å². The zero-order chi connectivity index (χ0) is 13.1. The minimum atomic E-state index is -0.0468. The number of rotatable bonds is 10. The zero-order valence-corrected chi connectivity index (χ0v) is 11.3. The van der Waals surface area contributed by atoms with Crippen LogP contribution in [0.3, 0.4) is 0 Å². The van der Waals surface area contributed by atoms with Gasteiger partial charge in [-0.1, -0.05) is 13.8 Å². The standard InChI is InChI=1S/C13H25NO3/c1-11(2)6-9-17-10-7-13(16)5-4-8-14-12(3)15/h11H,4-10H2,1-3H3,(H,14,15). The van der Waals surface area contributed by atoms with E-state index >= 15 is 0 Å². The Balaban J connectivity index is 3.26. The van der Waals surface area contributed by atoms with Crippen LogP contribution in [0.25, 0.3) is 0 Å². The van der Waals surface area contributed by atoms with Crippen molar-refractivity contribution in [3.63, 3.8) is 0 Å². The Hall–Kier alpha value is -0.900. The van der Waals surface area contributed by atoms with E-state index < -0.39 is 0 Å². The second-order valence-corrected chi connectivity index (χ2v) is 4.67. The van der Waals surface area contributed by atoms with Crippen molar-refractivity contribution in [1.82, 2.24) is 5.32 Å². The SMILES string of the molecule is CC(=O)NCCCC(=O)CCOCCC(C)C. The molecule has 0 atom stereocenters. The Morgan fingerprint density at radius 3 is 2.47 bits per heavy atom. The summed E-state index contributed by atoms with van der Waals surface area (Å²) in [5.74, 6) is 0.803. The lowest BCUT2D eigenvalue weighted by Crippen LogP contribution is -2.21. The maximum atomic E-state index is 11.4. The molecule has 0 fully saturated rings. The molecule has 0 spiro atoms. The lowest BCUT2D eigenvalue weighted by atomic mass is 10.1. The second kappa shape index (κ2) is 10.3. The number of nitrogens with one attached hydrogen (secondary N) is 1. The smallest absolute Gasteiger partial charge is 0.216 e. The van der Waals surface area contributed by atoms with Gasteiger partial charge in [0.05, 0.1) is 6.61 Å². The van der Waals surface area contributed by atoms with Crippen molar-refractivity contribution in [3.8, 4) is 0 Å². The van der Waals surface area contributed by atoms with Crippen LogP contribution in [0.15, 0.2) is 0 Å². The average molecular weight is 243 g/mol. The molecule has 0 aliphatic heterocycles. The number of carbonyl (C=O) groups is 2. The van der Waals surface area contributed by atoms with Gasteiger partial charge >= 0.3 is 0 Å². The van der Waals surface area contributed by atoms with Gasteiger partial charge in [0.25, 0.3) is 0 Å². The molecule has 0 aromatic carbocycles. The molecule has 4 heteroatoms. The summed E-state index contributed by atoms with van der Waals surface area (Å²) in [5, 5.41) is 2.67.